The molecule has 0 amide bonds. The normalized spacial score (nSPS) is 14.1. The summed E-state index contributed by atoms with van der Waals surface area (Å²) in [4.78, 5) is 5.21. The van der Waals surface area contributed by atoms with Crippen LogP contribution in [0.1, 0.15) is 158 Å². The van der Waals surface area contributed by atoms with Gasteiger partial charge in [0.2, 0.25) is 0 Å². The van der Waals surface area contributed by atoms with E-state index in [0.29, 0.717) is 0 Å². The van der Waals surface area contributed by atoms with E-state index in [-0.39, 0.29) is 39.2 Å². The average Bonchev–Trinajstić information content (AvgIpc) is 1.69. The molecule has 0 aliphatic carbocycles. The van der Waals surface area contributed by atoms with Crippen LogP contribution in [0.2, 0.25) is 0 Å². The van der Waals surface area contributed by atoms with Crippen LogP contribution in [0.15, 0.2) is 176 Å². The molecule has 0 N–H and O–H groups in total. The summed E-state index contributed by atoms with van der Waals surface area (Å²) < 4.78 is 5.17. The first-order valence-corrected chi connectivity index (χ1v) is 30.4. The zero-order valence-electron chi connectivity index (χ0n) is 52.6. The van der Waals surface area contributed by atoms with Crippen molar-refractivity contribution in [2.75, 3.05) is 9.80 Å². The van der Waals surface area contributed by atoms with Gasteiger partial charge in [-0.2, -0.15) is 0 Å². The summed E-state index contributed by atoms with van der Waals surface area (Å²) >= 11 is 0. The van der Waals surface area contributed by atoms with E-state index in [2.05, 4.69) is 319 Å². The fraction of sp³-hybridized carbons (Fsp3) is 0.308. The number of fused-ring (bicyclic) bond motifs is 10. The number of aromatic nitrogens is 2. The molecule has 2 aromatic heterocycles. The third-order valence-corrected chi connectivity index (χ3v) is 18.4. The standard InChI is InChI=1S/C78H83BN4/c1-73(2,3)48-26-34-54(35-27-48)80-66-40-32-52(77(13,14)15)44-61(66)79-62-45-53(78(16,17)18)33-41-67(62)81(55-36-28-49(29-37-55)74(4,5)6)70-47-56(46-69(80)71(70)79)82-63-24-20-19-22-57(63)58-23-21-25-68(72(58)82)83-64-38-30-50(75(7,8)9)42-59(64)60-43-51(76(10,11)12)31-39-65(60)83/h19-47H,1-18H3. The van der Waals surface area contributed by atoms with Crippen LogP contribution in [-0.2, 0) is 32.5 Å². The van der Waals surface area contributed by atoms with Crippen LogP contribution < -0.4 is 26.2 Å². The van der Waals surface area contributed by atoms with E-state index in [0.717, 1.165) is 22.7 Å². The SMILES string of the molecule is CC(C)(C)c1ccc(N2c3ccc(C(C)(C)C)cc3B3c4cc(C(C)(C)C)ccc4N(c4ccc(C(C)(C)C)cc4)c4cc(-n5c6ccccc6c6cccc(-n7c8ccc(C(C)(C)C)cc8c8cc(C(C)(C)C)ccc87)c65)cc2c43)cc1. The van der Waals surface area contributed by atoms with Crippen LogP contribution in [0.4, 0.5) is 34.1 Å². The number of hydrogen-bond donors (Lipinski definition) is 0. The van der Waals surface area contributed by atoms with E-state index in [4.69, 9.17) is 0 Å². The largest absolute Gasteiger partial charge is 0.311 e. The number of hydrogen-bond acceptors (Lipinski definition) is 2. The Bertz CT molecular complexity index is 4210. The highest BCUT2D eigenvalue weighted by atomic mass is 15.2. The van der Waals surface area contributed by atoms with Gasteiger partial charge in [0, 0.05) is 55.7 Å². The number of nitrogens with zero attached hydrogens (tertiary/aromatic N) is 4. The van der Waals surface area contributed by atoms with Gasteiger partial charge in [-0.05, 0) is 167 Å². The molecule has 2 aliphatic heterocycles. The predicted octanol–water partition coefficient (Wildman–Crippen LogP) is 19.7. The fourth-order valence-electron chi connectivity index (χ4n) is 13.5. The van der Waals surface area contributed by atoms with Crippen LogP contribution in [0.5, 0.6) is 0 Å². The number of rotatable bonds is 4. The molecule has 4 nitrogen and oxygen atoms in total. The summed E-state index contributed by atoms with van der Waals surface area (Å²) in [6.45, 7) is 41.9. The maximum absolute atomic E-state index is 2.61. The molecule has 0 unspecified atom stereocenters. The smallest absolute Gasteiger partial charge is 0.252 e. The Labute approximate surface area is 494 Å². The lowest BCUT2D eigenvalue weighted by atomic mass is 9.33. The number of benzene rings is 9. The Morgan fingerprint density at radius 3 is 1.07 bits per heavy atom. The molecule has 0 fully saturated rings. The number of para-hydroxylation sites is 2. The lowest BCUT2D eigenvalue weighted by Crippen LogP contribution is -2.61. The molecule has 0 saturated carbocycles. The summed E-state index contributed by atoms with van der Waals surface area (Å²) in [5, 5.41) is 5.01. The van der Waals surface area contributed by atoms with Crippen LogP contribution >= 0.6 is 0 Å². The van der Waals surface area contributed by atoms with Crippen molar-refractivity contribution < 1.29 is 0 Å². The molecule has 2 aliphatic rings. The highest BCUT2D eigenvalue weighted by Crippen LogP contribution is 2.49. The van der Waals surface area contributed by atoms with Crippen LogP contribution in [0.3, 0.4) is 0 Å². The second kappa shape index (κ2) is 18.4. The third-order valence-electron chi connectivity index (χ3n) is 18.4. The zero-order valence-corrected chi connectivity index (χ0v) is 52.6. The Balaban J connectivity index is 1.19. The molecule has 0 saturated heterocycles. The molecular formula is C78H83BN4. The van der Waals surface area contributed by atoms with Gasteiger partial charge in [-0.15, -0.1) is 0 Å². The molecule has 4 heterocycles. The molecule has 0 atom stereocenters. The first-order valence-electron chi connectivity index (χ1n) is 30.4. The molecule has 9 aromatic carbocycles. The molecule has 5 heteroatoms. The van der Waals surface area contributed by atoms with Crippen molar-refractivity contribution in [1.82, 2.24) is 9.13 Å². The van der Waals surface area contributed by atoms with E-state index in [1.165, 1.54) is 116 Å². The minimum Gasteiger partial charge on any atom is -0.311 e. The van der Waals surface area contributed by atoms with Crippen LogP contribution in [0, 0.1) is 0 Å². The molecule has 83 heavy (non-hydrogen) atoms. The Morgan fingerprint density at radius 1 is 0.265 bits per heavy atom. The van der Waals surface area contributed by atoms with Crippen LogP contribution in [0.25, 0.3) is 55.0 Å². The first kappa shape index (κ1) is 54.5. The summed E-state index contributed by atoms with van der Waals surface area (Å²) in [7, 11) is 0. The summed E-state index contributed by atoms with van der Waals surface area (Å²) in [5.41, 5.74) is 25.9. The average molecular weight is 1090 g/mol. The monoisotopic (exact) mass is 1090 g/mol. The third kappa shape index (κ3) is 8.85. The molecule has 418 valence electrons. The van der Waals surface area contributed by atoms with E-state index in [9.17, 15) is 0 Å². The van der Waals surface area contributed by atoms with Gasteiger partial charge >= 0.3 is 0 Å². The van der Waals surface area contributed by atoms with E-state index in [1.807, 2.05) is 0 Å². The molecular weight excluding hydrogens is 1000 g/mol. The van der Waals surface area contributed by atoms with Crippen molar-refractivity contribution in [2.45, 2.75) is 157 Å². The van der Waals surface area contributed by atoms with Crippen molar-refractivity contribution in [3.63, 3.8) is 0 Å². The predicted molar refractivity (Wildman–Crippen MR) is 361 cm³/mol. The van der Waals surface area contributed by atoms with Gasteiger partial charge in [0.15, 0.2) is 0 Å². The van der Waals surface area contributed by atoms with Crippen molar-refractivity contribution >= 4 is 101 Å². The molecule has 0 radical (unpaired) electrons. The Kier molecular flexibility index (Phi) is 12.1. The van der Waals surface area contributed by atoms with E-state index >= 15 is 0 Å². The molecule has 13 rings (SSSR count). The Morgan fingerprint density at radius 2 is 0.639 bits per heavy atom. The highest BCUT2D eigenvalue weighted by Gasteiger charge is 2.45. The lowest BCUT2D eigenvalue weighted by molar-refractivity contribution is 0.590. The summed E-state index contributed by atoms with van der Waals surface area (Å²) in [6, 6.07) is 69.3. The maximum Gasteiger partial charge on any atom is 0.252 e. The minimum absolute atomic E-state index is 0.00396. The summed E-state index contributed by atoms with van der Waals surface area (Å²) in [6.07, 6.45) is 0. The zero-order chi connectivity index (χ0) is 58.8. The van der Waals surface area contributed by atoms with Gasteiger partial charge < -0.3 is 18.9 Å². The van der Waals surface area contributed by atoms with Crippen molar-refractivity contribution in [2.24, 2.45) is 0 Å². The second-order valence-electron chi connectivity index (χ2n) is 30.5. The first-order chi connectivity index (χ1) is 39.0. The number of anilines is 6. The van der Waals surface area contributed by atoms with Gasteiger partial charge in [0.05, 0.1) is 33.4 Å². The van der Waals surface area contributed by atoms with Crippen molar-refractivity contribution in [3.05, 3.63) is 209 Å². The molecule has 0 bridgehead atoms. The van der Waals surface area contributed by atoms with Gasteiger partial charge in [-0.3, -0.25) is 0 Å². The lowest BCUT2D eigenvalue weighted by Gasteiger charge is -2.45. The molecule has 11 aromatic rings. The van der Waals surface area contributed by atoms with Gasteiger partial charge in [0.25, 0.3) is 6.71 Å². The van der Waals surface area contributed by atoms with Crippen molar-refractivity contribution in [3.8, 4) is 11.4 Å². The second-order valence-corrected chi connectivity index (χ2v) is 30.5. The summed E-state index contributed by atoms with van der Waals surface area (Å²) in [5.74, 6) is 0. The Hall–Kier alpha value is -7.76. The van der Waals surface area contributed by atoms with Crippen LogP contribution in [-0.4, -0.2) is 15.8 Å². The quantitative estimate of drug-likeness (QED) is 0.163. The van der Waals surface area contributed by atoms with E-state index in [1.54, 1.807) is 0 Å². The van der Waals surface area contributed by atoms with Gasteiger partial charge in [-0.25, -0.2) is 0 Å². The van der Waals surface area contributed by atoms with Crippen molar-refractivity contribution in [1.29, 1.82) is 0 Å². The maximum atomic E-state index is 2.61. The topological polar surface area (TPSA) is 16.3 Å². The minimum atomic E-state index is -0.0683. The molecule has 0 spiro atoms. The van der Waals surface area contributed by atoms with Gasteiger partial charge in [0.1, 0.15) is 0 Å². The fourth-order valence-corrected chi connectivity index (χ4v) is 13.5. The van der Waals surface area contributed by atoms with E-state index < -0.39 is 0 Å². The highest BCUT2D eigenvalue weighted by molar-refractivity contribution is 7.00. The van der Waals surface area contributed by atoms with Gasteiger partial charge in [-0.1, -0.05) is 216 Å².